The van der Waals surface area contributed by atoms with Crippen molar-refractivity contribution in [3.05, 3.63) is 59.4 Å². The molecule has 2 aliphatic heterocycles. The third-order valence-corrected chi connectivity index (χ3v) is 6.15. The smallest absolute Gasteiger partial charge is 0.251 e. The summed E-state index contributed by atoms with van der Waals surface area (Å²) in [5, 5.41) is 3.11. The monoisotopic (exact) mass is 398 g/mol. The number of rotatable bonds is 6. The van der Waals surface area contributed by atoms with E-state index in [4.69, 9.17) is 9.47 Å². The van der Waals surface area contributed by atoms with E-state index in [0.29, 0.717) is 17.6 Å². The van der Waals surface area contributed by atoms with Crippen molar-refractivity contribution >= 4 is 5.91 Å². The number of halogens is 1. The molecule has 2 bridgehead atoms. The lowest BCUT2D eigenvalue weighted by atomic mass is 9.96. The zero-order valence-electron chi connectivity index (χ0n) is 16.9. The fraction of sp³-hybridized carbons (Fsp3) is 0.435. The molecule has 0 aliphatic carbocycles. The van der Waals surface area contributed by atoms with Gasteiger partial charge in [0.2, 0.25) is 0 Å². The van der Waals surface area contributed by atoms with Crippen molar-refractivity contribution in [3.63, 3.8) is 0 Å². The predicted molar refractivity (Wildman–Crippen MR) is 109 cm³/mol. The minimum absolute atomic E-state index is 0.122. The molecule has 0 aromatic heterocycles. The number of piperidine rings is 1. The molecule has 2 unspecified atom stereocenters. The van der Waals surface area contributed by atoms with E-state index in [2.05, 4.69) is 16.3 Å². The fourth-order valence-electron chi connectivity index (χ4n) is 4.73. The van der Waals surface area contributed by atoms with Crippen molar-refractivity contribution in [2.24, 2.45) is 0 Å². The highest BCUT2D eigenvalue weighted by Gasteiger charge is 2.41. The summed E-state index contributed by atoms with van der Waals surface area (Å²) in [6.07, 6.45) is 4.09. The molecule has 2 atom stereocenters. The zero-order valence-corrected chi connectivity index (χ0v) is 16.9. The largest absolute Gasteiger partial charge is 0.497 e. The highest BCUT2D eigenvalue weighted by Crippen LogP contribution is 2.38. The molecule has 4 rings (SSSR count). The SMILES string of the molecule is COc1ccc(CN2C3CCC2CC(NC(=O)c2cccc(F)c2)C3)c(OC)c1. The quantitative estimate of drug-likeness (QED) is 0.805. The van der Waals surface area contributed by atoms with E-state index in [1.807, 2.05) is 12.1 Å². The van der Waals surface area contributed by atoms with Gasteiger partial charge in [0.05, 0.1) is 14.2 Å². The Balaban J connectivity index is 1.41. The Hall–Kier alpha value is -2.60. The van der Waals surface area contributed by atoms with Gasteiger partial charge in [-0.3, -0.25) is 9.69 Å². The second kappa shape index (κ2) is 8.41. The molecular weight excluding hydrogens is 371 g/mol. The van der Waals surface area contributed by atoms with E-state index in [1.165, 1.54) is 12.1 Å². The highest BCUT2D eigenvalue weighted by molar-refractivity contribution is 5.94. The van der Waals surface area contributed by atoms with Gasteiger partial charge in [0, 0.05) is 41.9 Å². The van der Waals surface area contributed by atoms with Gasteiger partial charge in [-0.2, -0.15) is 0 Å². The number of methoxy groups -OCH3 is 2. The summed E-state index contributed by atoms with van der Waals surface area (Å²) in [7, 11) is 3.33. The van der Waals surface area contributed by atoms with Gasteiger partial charge >= 0.3 is 0 Å². The third-order valence-electron chi connectivity index (χ3n) is 6.15. The summed E-state index contributed by atoms with van der Waals surface area (Å²) < 4.78 is 24.3. The molecule has 5 nitrogen and oxygen atoms in total. The van der Waals surface area contributed by atoms with E-state index < -0.39 is 0 Å². The first kappa shape index (κ1) is 19.7. The Kier molecular flexibility index (Phi) is 5.72. The maximum Gasteiger partial charge on any atom is 0.251 e. The van der Waals surface area contributed by atoms with Crippen LogP contribution in [0.1, 0.15) is 41.6 Å². The van der Waals surface area contributed by atoms with Gasteiger partial charge in [-0.15, -0.1) is 0 Å². The van der Waals surface area contributed by atoms with Crippen molar-refractivity contribution in [3.8, 4) is 11.5 Å². The van der Waals surface area contributed by atoms with Crippen molar-refractivity contribution in [1.82, 2.24) is 10.2 Å². The lowest BCUT2D eigenvalue weighted by Crippen LogP contribution is -2.50. The Morgan fingerprint density at radius 3 is 2.52 bits per heavy atom. The first-order valence-corrected chi connectivity index (χ1v) is 10.1. The molecule has 2 aromatic rings. The molecule has 154 valence electrons. The third kappa shape index (κ3) is 4.22. The van der Waals surface area contributed by atoms with Crippen molar-refractivity contribution in [2.75, 3.05) is 14.2 Å². The first-order valence-electron chi connectivity index (χ1n) is 10.1. The van der Waals surface area contributed by atoms with Gasteiger partial charge < -0.3 is 14.8 Å². The minimum Gasteiger partial charge on any atom is -0.497 e. The van der Waals surface area contributed by atoms with Crippen molar-refractivity contribution < 1.29 is 18.7 Å². The van der Waals surface area contributed by atoms with E-state index in [1.54, 1.807) is 26.4 Å². The number of amides is 1. The van der Waals surface area contributed by atoms with Crippen molar-refractivity contribution in [2.45, 2.75) is 50.4 Å². The lowest BCUT2D eigenvalue weighted by molar-refractivity contribution is 0.0825. The van der Waals surface area contributed by atoms with Crippen LogP contribution in [-0.4, -0.2) is 43.2 Å². The standard InChI is InChI=1S/C23H27FN2O3/c1-28-21-9-6-16(22(13-21)29-2)14-26-19-7-8-20(26)12-18(11-19)25-23(27)15-4-3-5-17(24)10-15/h3-6,9-10,13,18-20H,7-8,11-12,14H2,1-2H3,(H,25,27). The van der Waals surface area contributed by atoms with Crippen LogP contribution in [0.15, 0.2) is 42.5 Å². The topological polar surface area (TPSA) is 50.8 Å². The number of carbonyl (C=O) groups excluding carboxylic acids is 1. The maximum atomic E-state index is 13.4. The number of benzene rings is 2. The summed E-state index contributed by atoms with van der Waals surface area (Å²) in [4.78, 5) is 15.0. The molecule has 2 aliphatic rings. The van der Waals surface area contributed by atoms with Crippen LogP contribution >= 0.6 is 0 Å². The molecule has 1 amide bonds. The molecule has 2 aromatic carbocycles. The average Bonchev–Trinajstić information content (AvgIpc) is 2.96. The van der Waals surface area contributed by atoms with Gasteiger partial charge in [-0.1, -0.05) is 12.1 Å². The Morgan fingerprint density at radius 1 is 1.10 bits per heavy atom. The highest BCUT2D eigenvalue weighted by atomic mass is 19.1. The maximum absolute atomic E-state index is 13.4. The summed E-state index contributed by atoms with van der Waals surface area (Å²) >= 11 is 0. The number of ether oxygens (including phenoxy) is 2. The molecule has 2 heterocycles. The molecule has 1 N–H and O–H groups in total. The number of fused-ring (bicyclic) bond motifs is 2. The molecular formula is C23H27FN2O3. The van der Waals surface area contributed by atoms with Gasteiger partial charge in [0.25, 0.3) is 5.91 Å². The van der Waals surface area contributed by atoms with E-state index in [0.717, 1.165) is 49.3 Å². The fourth-order valence-corrected chi connectivity index (χ4v) is 4.73. The number of hydrogen-bond acceptors (Lipinski definition) is 4. The molecule has 0 saturated carbocycles. The summed E-state index contributed by atoms with van der Waals surface area (Å²) in [5.74, 6) is 1.04. The second-order valence-corrected chi connectivity index (χ2v) is 7.89. The summed E-state index contributed by atoms with van der Waals surface area (Å²) in [5.41, 5.74) is 1.52. The predicted octanol–water partition coefficient (Wildman–Crippen LogP) is 3.77. The van der Waals surface area contributed by atoms with Gasteiger partial charge in [-0.25, -0.2) is 4.39 Å². The number of nitrogens with one attached hydrogen (secondary N) is 1. The minimum atomic E-state index is -0.388. The van der Waals surface area contributed by atoms with Crippen LogP contribution in [-0.2, 0) is 6.54 Å². The van der Waals surface area contributed by atoms with Gasteiger partial charge in [-0.05, 0) is 49.9 Å². The normalized spacial score (nSPS) is 23.6. The molecule has 2 fully saturated rings. The Morgan fingerprint density at radius 2 is 1.86 bits per heavy atom. The van der Waals surface area contributed by atoms with Crippen molar-refractivity contribution in [1.29, 1.82) is 0 Å². The zero-order chi connectivity index (χ0) is 20.4. The molecule has 0 radical (unpaired) electrons. The second-order valence-electron chi connectivity index (χ2n) is 7.89. The van der Waals surface area contributed by atoms with Crippen LogP contribution in [0.3, 0.4) is 0 Å². The molecule has 0 spiro atoms. The number of hydrogen-bond donors (Lipinski definition) is 1. The molecule has 6 heteroatoms. The number of carbonyl (C=O) groups is 1. The Labute approximate surface area is 170 Å². The van der Waals surface area contributed by atoms with Gasteiger partial charge in [0.1, 0.15) is 17.3 Å². The van der Waals surface area contributed by atoms with E-state index >= 15 is 0 Å². The van der Waals surface area contributed by atoms with Crippen LogP contribution in [0.2, 0.25) is 0 Å². The summed E-state index contributed by atoms with van der Waals surface area (Å²) in [6, 6.07) is 12.8. The summed E-state index contributed by atoms with van der Waals surface area (Å²) in [6.45, 7) is 0.826. The van der Waals surface area contributed by atoms with Crippen LogP contribution < -0.4 is 14.8 Å². The molecule has 29 heavy (non-hydrogen) atoms. The van der Waals surface area contributed by atoms with Crippen LogP contribution in [0, 0.1) is 5.82 Å². The van der Waals surface area contributed by atoms with Crippen LogP contribution in [0.4, 0.5) is 4.39 Å². The lowest BCUT2D eigenvalue weighted by Gasteiger charge is -2.39. The van der Waals surface area contributed by atoms with E-state index in [-0.39, 0.29) is 17.8 Å². The van der Waals surface area contributed by atoms with Crippen LogP contribution in [0.5, 0.6) is 11.5 Å². The Bertz CT molecular complexity index is 874. The number of nitrogens with zero attached hydrogens (tertiary/aromatic N) is 1. The average molecular weight is 398 g/mol. The van der Waals surface area contributed by atoms with E-state index in [9.17, 15) is 9.18 Å². The van der Waals surface area contributed by atoms with Gasteiger partial charge in [0.15, 0.2) is 0 Å². The van der Waals surface area contributed by atoms with Crippen LogP contribution in [0.25, 0.3) is 0 Å². The first-order chi connectivity index (χ1) is 14.1. The molecule has 2 saturated heterocycles.